The average Bonchev–Trinajstić information content (AvgIpc) is 2.98. The number of hydrogen-bond acceptors (Lipinski definition) is 7. The largest absolute Gasteiger partial charge is 0.456 e. The second kappa shape index (κ2) is 13.6. The molecule has 0 atom stereocenters. The molecule has 0 radical (unpaired) electrons. The van der Waals surface area contributed by atoms with Gasteiger partial charge in [0.15, 0.2) is 0 Å². The summed E-state index contributed by atoms with van der Waals surface area (Å²) in [4.78, 5) is 1.40. The quantitative estimate of drug-likeness (QED) is 0.0867. The van der Waals surface area contributed by atoms with Gasteiger partial charge in [-0.2, -0.15) is 8.42 Å². The Balaban J connectivity index is 2.05. The normalized spacial score (nSPS) is 12.2. The van der Waals surface area contributed by atoms with Gasteiger partial charge in [0.05, 0.1) is 11.0 Å². The highest BCUT2D eigenvalue weighted by Crippen LogP contribution is 2.43. The van der Waals surface area contributed by atoms with Gasteiger partial charge in [0, 0.05) is 59.5 Å². The Morgan fingerprint density at radius 1 is 0.884 bits per heavy atom. The van der Waals surface area contributed by atoms with Gasteiger partial charge in [-0.1, -0.05) is 6.07 Å². The standard InChI is InChI=1S/C31H40N4O6S2/c1-5-34(6-2)22-11-14-25-28(19-22)41-29-20-23(35(7-3)8-4)12-15-26(29)31(25)27-16-13-24(21-30(27)43(38,39)40)42(36,37)33-18-10-9-17-32/h11-16,19-21,33H,5-10,17-18,32H2,1-4H3/p+1. The lowest BCUT2D eigenvalue weighted by atomic mass is 9.93. The minimum absolute atomic E-state index is 0.154. The molecule has 2 aromatic carbocycles. The zero-order chi connectivity index (χ0) is 31.4. The van der Waals surface area contributed by atoms with Crippen molar-refractivity contribution in [1.82, 2.24) is 9.30 Å². The topological polar surface area (TPSA) is 146 Å². The van der Waals surface area contributed by atoms with E-state index in [1.807, 2.05) is 36.4 Å². The van der Waals surface area contributed by atoms with Gasteiger partial charge in [0.2, 0.25) is 15.4 Å². The van der Waals surface area contributed by atoms with Crippen LogP contribution in [-0.4, -0.2) is 60.7 Å². The zero-order valence-electron chi connectivity index (χ0n) is 25.1. The number of unbranched alkanes of at least 4 members (excludes halogenated alkanes) is 1. The third kappa shape index (κ3) is 6.94. The summed E-state index contributed by atoms with van der Waals surface area (Å²) in [5, 5.41) is 1.57. The summed E-state index contributed by atoms with van der Waals surface area (Å²) >= 11 is 0. The van der Waals surface area contributed by atoms with E-state index < -0.39 is 25.0 Å². The van der Waals surface area contributed by atoms with Gasteiger partial charge in [-0.25, -0.2) is 17.7 Å². The minimum atomic E-state index is -4.85. The lowest BCUT2D eigenvalue weighted by Crippen LogP contribution is -2.29. The highest BCUT2D eigenvalue weighted by molar-refractivity contribution is 7.89. The van der Waals surface area contributed by atoms with Gasteiger partial charge in [-0.05, 0) is 77.4 Å². The number of fused-ring (bicyclic) bond motifs is 2. The smallest absolute Gasteiger partial charge is 0.295 e. The Morgan fingerprint density at radius 3 is 2.21 bits per heavy atom. The lowest BCUT2D eigenvalue weighted by Gasteiger charge is -2.22. The second-order valence-electron chi connectivity index (χ2n) is 10.2. The summed E-state index contributed by atoms with van der Waals surface area (Å²) in [6, 6.07) is 15.3. The predicted octanol–water partition coefficient (Wildman–Crippen LogP) is 4.13. The van der Waals surface area contributed by atoms with E-state index in [1.165, 1.54) is 12.1 Å². The van der Waals surface area contributed by atoms with Gasteiger partial charge in [-0.15, -0.1) is 0 Å². The van der Waals surface area contributed by atoms with Crippen molar-refractivity contribution >= 4 is 36.8 Å². The van der Waals surface area contributed by atoms with Crippen LogP contribution in [0.5, 0.6) is 0 Å². The monoisotopic (exact) mass is 629 g/mol. The molecule has 0 aromatic heterocycles. The van der Waals surface area contributed by atoms with Gasteiger partial charge in [-0.3, -0.25) is 4.55 Å². The molecule has 0 unspecified atom stereocenters. The Labute approximate surface area is 254 Å². The molecule has 0 spiro atoms. The molecule has 12 heteroatoms. The summed E-state index contributed by atoms with van der Waals surface area (Å²) in [7, 11) is -8.89. The van der Waals surface area contributed by atoms with Gasteiger partial charge in [0.1, 0.15) is 29.3 Å². The number of nitrogens with one attached hydrogen (secondary N) is 1. The Morgan fingerprint density at radius 2 is 1.58 bits per heavy atom. The van der Waals surface area contributed by atoms with Crippen molar-refractivity contribution in [3.63, 3.8) is 0 Å². The summed E-state index contributed by atoms with van der Waals surface area (Å²) < 4.78 is 73.1. The first-order valence-electron chi connectivity index (χ1n) is 14.6. The first-order chi connectivity index (χ1) is 20.5. The van der Waals surface area contributed by atoms with Crippen molar-refractivity contribution in [2.24, 2.45) is 5.73 Å². The molecule has 1 aliphatic carbocycles. The second-order valence-corrected chi connectivity index (χ2v) is 13.4. The summed E-state index contributed by atoms with van der Waals surface area (Å²) in [6.07, 6.45) is 1.18. The van der Waals surface area contributed by atoms with E-state index in [4.69, 9.17) is 10.2 Å². The van der Waals surface area contributed by atoms with E-state index in [2.05, 4.69) is 41.9 Å². The van der Waals surface area contributed by atoms with Crippen molar-refractivity contribution in [3.05, 3.63) is 60.0 Å². The fraction of sp³-hybridized carbons (Fsp3) is 0.387. The SMILES string of the molecule is CCN(CC)c1ccc2c(-c3ccc(S(=O)(=O)NCCCCN)cc3S(=O)(=O)O)c3ccc(=[N+](CC)CC)cc-3oc2c1. The molecule has 1 aliphatic heterocycles. The van der Waals surface area contributed by atoms with Crippen LogP contribution in [0.15, 0.2) is 68.8 Å². The third-order valence-corrected chi connectivity index (χ3v) is 10.0. The molecular weight excluding hydrogens is 588 g/mol. The number of anilines is 1. The Hall–Kier alpha value is -3.29. The molecule has 0 saturated heterocycles. The van der Waals surface area contributed by atoms with Gasteiger partial charge < -0.3 is 15.1 Å². The van der Waals surface area contributed by atoms with Gasteiger partial charge in [0.25, 0.3) is 10.1 Å². The Kier molecular flexibility index (Phi) is 10.3. The molecule has 0 saturated carbocycles. The highest BCUT2D eigenvalue weighted by atomic mass is 32.2. The number of benzene rings is 3. The van der Waals surface area contributed by atoms with E-state index in [-0.39, 0.29) is 17.0 Å². The molecule has 43 heavy (non-hydrogen) atoms. The highest BCUT2D eigenvalue weighted by Gasteiger charge is 2.27. The van der Waals surface area contributed by atoms with Gasteiger partial charge >= 0.3 is 0 Å². The van der Waals surface area contributed by atoms with E-state index in [0.717, 1.165) is 43.3 Å². The molecule has 0 fully saturated rings. The van der Waals surface area contributed by atoms with Crippen LogP contribution < -0.4 is 25.3 Å². The number of rotatable bonds is 13. The van der Waals surface area contributed by atoms with E-state index in [0.29, 0.717) is 47.2 Å². The fourth-order valence-electron chi connectivity index (χ4n) is 5.38. The van der Waals surface area contributed by atoms with E-state index in [9.17, 15) is 21.4 Å². The van der Waals surface area contributed by atoms with E-state index >= 15 is 0 Å². The number of nitrogens with two attached hydrogens (primary N) is 1. The fourth-order valence-corrected chi connectivity index (χ4v) is 7.28. The van der Waals surface area contributed by atoms with Crippen molar-refractivity contribution in [1.29, 1.82) is 0 Å². The molecule has 2 aromatic rings. The number of sulfonamides is 1. The summed E-state index contributed by atoms with van der Waals surface area (Å²) in [6.45, 7) is 12.0. The van der Waals surface area contributed by atoms with Crippen LogP contribution in [0.25, 0.3) is 33.4 Å². The van der Waals surface area contributed by atoms with Crippen LogP contribution in [0.1, 0.15) is 40.5 Å². The molecule has 10 nitrogen and oxygen atoms in total. The molecule has 0 amide bonds. The van der Waals surface area contributed by atoms with Crippen molar-refractivity contribution in [2.45, 2.75) is 50.3 Å². The van der Waals surface area contributed by atoms with Crippen molar-refractivity contribution in [2.75, 3.05) is 44.2 Å². The van der Waals surface area contributed by atoms with Crippen molar-refractivity contribution in [3.8, 4) is 22.5 Å². The average molecular weight is 630 g/mol. The first kappa shape index (κ1) is 32.6. The maximum atomic E-state index is 13.0. The maximum absolute atomic E-state index is 13.0. The van der Waals surface area contributed by atoms with Crippen LogP contribution in [0, 0.1) is 0 Å². The van der Waals surface area contributed by atoms with E-state index in [1.54, 1.807) is 0 Å². The zero-order valence-corrected chi connectivity index (χ0v) is 26.8. The first-order valence-corrected chi connectivity index (χ1v) is 17.6. The molecule has 2 aliphatic rings. The van der Waals surface area contributed by atoms with Crippen LogP contribution in [0.3, 0.4) is 0 Å². The molecule has 1 heterocycles. The van der Waals surface area contributed by atoms with Crippen LogP contribution in [0.4, 0.5) is 5.69 Å². The van der Waals surface area contributed by atoms with Crippen LogP contribution in [-0.2, 0) is 20.1 Å². The molecule has 232 valence electrons. The Bertz CT molecular complexity index is 1860. The third-order valence-electron chi connectivity index (χ3n) is 7.68. The number of hydrogen-bond donors (Lipinski definition) is 3. The van der Waals surface area contributed by atoms with Crippen LogP contribution >= 0.6 is 0 Å². The molecule has 4 N–H and O–H groups in total. The van der Waals surface area contributed by atoms with Crippen LogP contribution in [0.2, 0.25) is 0 Å². The maximum Gasteiger partial charge on any atom is 0.295 e. The summed E-state index contributed by atoms with van der Waals surface area (Å²) in [5.74, 6) is 0.531. The predicted molar refractivity (Wildman–Crippen MR) is 171 cm³/mol. The lowest BCUT2D eigenvalue weighted by molar-refractivity contribution is 0.483. The minimum Gasteiger partial charge on any atom is -0.456 e. The summed E-state index contributed by atoms with van der Waals surface area (Å²) in [5.41, 5.74) is 8.28. The molecular formula is C31H41N4O6S2+. The molecule has 4 rings (SSSR count). The number of nitrogens with zero attached hydrogens (tertiary/aromatic N) is 2. The van der Waals surface area contributed by atoms with Crippen molar-refractivity contribution < 1.29 is 25.8 Å². The molecule has 0 bridgehead atoms.